The first-order chi connectivity index (χ1) is 9.26. The molecule has 0 spiro atoms. The highest BCUT2D eigenvalue weighted by Crippen LogP contribution is 2.44. The molecule has 0 aromatic carbocycles. The third-order valence-electron chi connectivity index (χ3n) is 3.47. The molecule has 0 bridgehead atoms. The van der Waals surface area contributed by atoms with Gasteiger partial charge in [-0.1, -0.05) is 0 Å². The lowest BCUT2D eigenvalue weighted by atomic mass is 9.84. The molecule has 20 heavy (non-hydrogen) atoms. The van der Waals surface area contributed by atoms with Crippen LogP contribution in [-0.4, -0.2) is 37.1 Å². The molecule has 1 N–H and O–H groups in total. The summed E-state index contributed by atoms with van der Waals surface area (Å²) in [5, 5.41) is 4.49. The van der Waals surface area contributed by atoms with Gasteiger partial charge in [0.1, 0.15) is 0 Å². The van der Waals surface area contributed by atoms with Crippen molar-refractivity contribution in [2.75, 3.05) is 20.1 Å². The fourth-order valence-corrected chi connectivity index (χ4v) is 3.85. The van der Waals surface area contributed by atoms with E-state index in [4.69, 9.17) is 0 Å². The minimum Gasteiger partial charge on any atom is -0.340 e. The summed E-state index contributed by atoms with van der Waals surface area (Å²) < 4.78 is 40.7. The van der Waals surface area contributed by atoms with E-state index in [1.165, 1.54) is 23.3 Å². The van der Waals surface area contributed by atoms with Crippen molar-refractivity contribution >= 4 is 33.2 Å². The Labute approximate surface area is 127 Å². The molecule has 8 heteroatoms. The SMILES string of the molecule is CN(Cc1cc(Br)cs1)C(=O)C1(C(F)(F)F)CCNC1. The van der Waals surface area contributed by atoms with Gasteiger partial charge in [0.05, 0.1) is 6.54 Å². The number of rotatable bonds is 3. The van der Waals surface area contributed by atoms with Gasteiger partial charge in [0.25, 0.3) is 0 Å². The normalized spacial score (nSPS) is 23.1. The van der Waals surface area contributed by atoms with Crippen LogP contribution in [0.4, 0.5) is 13.2 Å². The zero-order chi connectivity index (χ0) is 15.0. The molecule has 1 unspecified atom stereocenters. The minimum atomic E-state index is -4.53. The highest BCUT2D eigenvalue weighted by Gasteiger charge is 2.62. The van der Waals surface area contributed by atoms with Crippen LogP contribution in [0.2, 0.25) is 0 Å². The van der Waals surface area contributed by atoms with E-state index in [9.17, 15) is 18.0 Å². The fourth-order valence-electron chi connectivity index (χ4n) is 2.35. The van der Waals surface area contributed by atoms with Gasteiger partial charge in [-0.25, -0.2) is 0 Å². The fraction of sp³-hybridized carbons (Fsp3) is 0.583. The van der Waals surface area contributed by atoms with Crippen LogP contribution in [0, 0.1) is 5.41 Å². The lowest BCUT2D eigenvalue weighted by Crippen LogP contribution is -2.52. The van der Waals surface area contributed by atoms with Crippen LogP contribution in [-0.2, 0) is 11.3 Å². The van der Waals surface area contributed by atoms with Gasteiger partial charge < -0.3 is 10.2 Å². The van der Waals surface area contributed by atoms with Crippen LogP contribution < -0.4 is 5.32 Å². The maximum atomic E-state index is 13.3. The Kier molecular flexibility index (Phi) is 4.46. The van der Waals surface area contributed by atoms with Crippen LogP contribution in [0.1, 0.15) is 11.3 Å². The number of hydrogen-bond donors (Lipinski definition) is 1. The second-order valence-corrected chi connectivity index (χ2v) is 6.81. The average Bonchev–Trinajstić information content (AvgIpc) is 2.97. The number of alkyl halides is 3. The Morgan fingerprint density at radius 3 is 2.75 bits per heavy atom. The van der Waals surface area contributed by atoms with Gasteiger partial charge in [-0.3, -0.25) is 4.79 Å². The van der Waals surface area contributed by atoms with E-state index in [1.54, 1.807) is 0 Å². The van der Waals surface area contributed by atoms with E-state index in [0.717, 1.165) is 9.35 Å². The van der Waals surface area contributed by atoms with Gasteiger partial charge in [-0.05, 0) is 35.0 Å². The van der Waals surface area contributed by atoms with Gasteiger partial charge in [0.2, 0.25) is 5.91 Å². The van der Waals surface area contributed by atoms with Crippen molar-refractivity contribution in [3.8, 4) is 0 Å². The average molecular weight is 371 g/mol. The summed E-state index contributed by atoms with van der Waals surface area (Å²) in [6, 6.07) is 1.81. The Balaban J connectivity index is 2.16. The van der Waals surface area contributed by atoms with Gasteiger partial charge in [0, 0.05) is 28.3 Å². The summed E-state index contributed by atoms with van der Waals surface area (Å²) in [5.74, 6) is -0.862. The Hall–Kier alpha value is -0.600. The maximum absolute atomic E-state index is 13.3. The van der Waals surface area contributed by atoms with Crippen LogP contribution in [0.3, 0.4) is 0 Å². The van der Waals surface area contributed by atoms with E-state index in [2.05, 4.69) is 21.2 Å². The Morgan fingerprint density at radius 1 is 1.60 bits per heavy atom. The minimum absolute atomic E-state index is 0.187. The molecule has 0 radical (unpaired) electrons. The third-order valence-corrected chi connectivity index (χ3v) is 5.15. The molecule has 1 amide bonds. The standard InChI is InChI=1S/C12H14BrF3N2OS/c1-18(5-9-4-8(13)6-20-9)10(19)11(12(14,15)16)2-3-17-7-11/h4,6,17H,2-3,5,7H2,1H3. The lowest BCUT2D eigenvalue weighted by Gasteiger charge is -2.33. The maximum Gasteiger partial charge on any atom is 0.404 e. The molecule has 1 aromatic heterocycles. The molecule has 1 atom stereocenters. The zero-order valence-electron chi connectivity index (χ0n) is 10.8. The number of carbonyl (C=O) groups excluding carboxylic acids is 1. The van der Waals surface area contributed by atoms with Crippen molar-refractivity contribution in [1.82, 2.24) is 10.2 Å². The summed E-state index contributed by atoms with van der Waals surface area (Å²) in [7, 11) is 1.42. The van der Waals surface area contributed by atoms with Crippen molar-refractivity contribution in [2.45, 2.75) is 19.1 Å². The molecule has 1 aromatic rings. The summed E-state index contributed by atoms with van der Waals surface area (Å²) >= 11 is 4.69. The molecule has 0 aliphatic carbocycles. The number of thiophene rings is 1. The van der Waals surface area contributed by atoms with Gasteiger partial charge in [-0.2, -0.15) is 13.2 Å². The summed E-state index contributed by atoms with van der Waals surface area (Å²) in [5.41, 5.74) is -2.28. The van der Waals surface area contributed by atoms with E-state index in [0.29, 0.717) is 0 Å². The number of carbonyl (C=O) groups is 1. The molecule has 1 saturated heterocycles. The van der Waals surface area contributed by atoms with Crippen molar-refractivity contribution < 1.29 is 18.0 Å². The quantitative estimate of drug-likeness (QED) is 0.886. The Morgan fingerprint density at radius 2 is 2.30 bits per heavy atom. The molecule has 2 rings (SSSR count). The Bertz CT molecular complexity index is 497. The highest BCUT2D eigenvalue weighted by molar-refractivity contribution is 9.10. The first-order valence-electron chi connectivity index (χ1n) is 6.02. The van der Waals surface area contributed by atoms with E-state index >= 15 is 0 Å². The van der Waals surface area contributed by atoms with Crippen LogP contribution in [0.15, 0.2) is 15.9 Å². The van der Waals surface area contributed by atoms with Gasteiger partial charge in [-0.15, -0.1) is 11.3 Å². The van der Waals surface area contributed by atoms with Crippen molar-refractivity contribution in [3.63, 3.8) is 0 Å². The molecule has 1 aliphatic heterocycles. The van der Waals surface area contributed by atoms with Crippen molar-refractivity contribution in [2.24, 2.45) is 5.41 Å². The molecular formula is C12H14BrF3N2OS. The molecule has 1 fully saturated rings. The van der Waals surface area contributed by atoms with Crippen LogP contribution in [0.5, 0.6) is 0 Å². The summed E-state index contributed by atoms with van der Waals surface area (Å²) in [6.07, 6.45) is -4.73. The molecule has 112 valence electrons. The monoisotopic (exact) mass is 370 g/mol. The third kappa shape index (κ3) is 2.87. The molecule has 1 aliphatic rings. The number of hydrogen-bond acceptors (Lipinski definition) is 3. The number of nitrogens with one attached hydrogen (secondary N) is 1. The number of amides is 1. The van der Waals surface area contributed by atoms with Gasteiger partial charge in [0.15, 0.2) is 5.41 Å². The van der Waals surface area contributed by atoms with E-state index in [1.807, 2.05) is 11.4 Å². The second kappa shape index (κ2) is 5.65. The first kappa shape index (κ1) is 15.8. The van der Waals surface area contributed by atoms with Crippen LogP contribution in [0.25, 0.3) is 0 Å². The molecular weight excluding hydrogens is 357 g/mol. The smallest absolute Gasteiger partial charge is 0.340 e. The van der Waals surface area contributed by atoms with E-state index in [-0.39, 0.29) is 26.1 Å². The predicted molar refractivity (Wildman–Crippen MR) is 74.5 cm³/mol. The predicted octanol–water partition coefficient (Wildman–Crippen LogP) is 3.01. The first-order valence-corrected chi connectivity index (χ1v) is 7.69. The van der Waals surface area contributed by atoms with Crippen LogP contribution >= 0.6 is 27.3 Å². The largest absolute Gasteiger partial charge is 0.404 e. The lowest BCUT2D eigenvalue weighted by molar-refractivity contribution is -0.221. The number of nitrogens with zero attached hydrogens (tertiary/aromatic N) is 1. The van der Waals surface area contributed by atoms with Crippen molar-refractivity contribution in [1.29, 1.82) is 0 Å². The topological polar surface area (TPSA) is 32.3 Å². The summed E-state index contributed by atoms with van der Waals surface area (Å²) in [6.45, 7) is 0.0599. The second-order valence-electron chi connectivity index (χ2n) is 4.90. The zero-order valence-corrected chi connectivity index (χ0v) is 13.2. The van der Waals surface area contributed by atoms with E-state index < -0.39 is 17.5 Å². The summed E-state index contributed by atoms with van der Waals surface area (Å²) in [4.78, 5) is 14.3. The number of halogens is 4. The highest BCUT2D eigenvalue weighted by atomic mass is 79.9. The molecule has 0 saturated carbocycles. The molecule has 2 heterocycles. The van der Waals surface area contributed by atoms with Crippen molar-refractivity contribution in [3.05, 3.63) is 20.8 Å². The molecule has 3 nitrogen and oxygen atoms in total. The van der Waals surface area contributed by atoms with Gasteiger partial charge >= 0.3 is 6.18 Å².